The molecule has 0 saturated carbocycles. The number of pyridine rings is 1. The van der Waals surface area contributed by atoms with Crippen molar-refractivity contribution >= 4 is 11.0 Å². The van der Waals surface area contributed by atoms with Crippen molar-refractivity contribution in [1.29, 1.82) is 0 Å². The molecule has 2 aromatic heterocycles. The molecule has 78 valence electrons. The summed E-state index contributed by atoms with van der Waals surface area (Å²) in [6.45, 7) is 1.17. The lowest BCUT2D eigenvalue weighted by Crippen LogP contribution is -2.23. The van der Waals surface area contributed by atoms with Gasteiger partial charge in [0.25, 0.3) is 0 Å². The van der Waals surface area contributed by atoms with E-state index < -0.39 is 0 Å². The van der Waals surface area contributed by atoms with Gasteiger partial charge in [-0.25, -0.2) is 0 Å². The summed E-state index contributed by atoms with van der Waals surface area (Å²) in [4.78, 5) is 7.74. The molecule has 1 fully saturated rings. The molecule has 2 N–H and O–H groups in total. The van der Waals surface area contributed by atoms with Gasteiger partial charge in [-0.3, -0.25) is 4.98 Å². The summed E-state index contributed by atoms with van der Waals surface area (Å²) in [6.07, 6.45) is 5.54. The Hall–Kier alpha value is -1.35. The Balaban J connectivity index is 1.84. The van der Waals surface area contributed by atoms with Gasteiger partial charge in [-0.2, -0.15) is 0 Å². The molecule has 1 atom stereocenters. The van der Waals surface area contributed by atoms with Crippen LogP contribution in [0.1, 0.15) is 18.5 Å². The molecule has 0 spiro atoms. The van der Waals surface area contributed by atoms with E-state index in [-0.39, 0.29) is 0 Å². The molecule has 15 heavy (non-hydrogen) atoms. The molecule has 2 aromatic rings. The second-order valence-electron chi connectivity index (χ2n) is 4.23. The van der Waals surface area contributed by atoms with E-state index in [0.717, 1.165) is 17.5 Å². The number of hydrogen-bond acceptors (Lipinski definition) is 2. The summed E-state index contributed by atoms with van der Waals surface area (Å²) in [5, 5.41) is 3.51. The maximum atomic E-state index is 4.32. The van der Waals surface area contributed by atoms with E-state index in [4.69, 9.17) is 0 Å². The van der Waals surface area contributed by atoms with Gasteiger partial charge < -0.3 is 10.3 Å². The van der Waals surface area contributed by atoms with E-state index in [9.17, 15) is 0 Å². The molecule has 3 heteroatoms. The maximum Gasteiger partial charge on any atom is 0.0881 e. The first-order valence-corrected chi connectivity index (χ1v) is 5.58. The first kappa shape index (κ1) is 8.92. The van der Waals surface area contributed by atoms with Crippen LogP contribution in [0.3, 0.4) is 0 Å². The van der Waals surface area contributed by atoms with Crippen molar-refractivity contribution in [3.8, 4) is 0 Å². The topological polar surface area (TPSA) is 40.7 Å². The van der Waals surface area contributed by atoms with Crippen molar-refractivity contribution in [1.82, 2.24) is 15.3 Å². The molecule has 0 aromatic carbocycles. The fraction of sp³-hybridized carbons (Fsp3) is 0.417. The fourth-order valence-electron chi connectivity index (χ4n) is 2.32. The van der Waals surface area contributed by atoms with Crippen LogP contribution in [0.15, 0.2) is 24.4 Å². The zero-order valence-corrected chi connectivity index (χ0v) is 8.66. The van der Waals surface area contributed by atoms with Crippen LogP contribution in [0.25, 0.3) is 11.0 Å². The van der Waals surface area contributed by atoms with Gasteiger partial charge in [0, 0.05) is 24.4 Å². The Morgan fingerprint density at radius 1 is 1.47 bits per heavy atom. The monoisotopic (exact) mass is 201 g/mol. The number of fused-ring (bicyclic) bond motifs is 1. The minimum atomic E-state index is 0.651. The van der Waals surface area contributed by atoms with Gasteiger partial charge in [0.1, 0.15) is 0 Å². The first-order valence-electron chi connectivity index (χ1n) is 5.58. The van der Waals surface area contributed by atoms with Crippen LogP contribution in [-0.2, 0) is 6.42 Å². The number of nitrogens with zero attached hydrogens (tertiary/aromatic N) is 1. The van der Waals surface area contributed by atoms with Crippen LogP contribution >= 0.6 is 0 Å². The van der Waals surface area contributed by atoms with Crippen molar-refractivity contribution in [2.45, 2.75) is 25.3 Å². The Labute approximate surface area is 88.9 Å². The van der Waals surface area contributed by atoms with Crippen LogP contribution in [0.4, 0.5) is 0 Å². The van der Waals surface area contributed by atoms with Crippen molar-refractivity contribution < 1.29 is 0 Å². The molecule has 1 saturated heterocycles. The molecule has 3 rings (SSSR count). The second kappa shape index (κ2) is 3.66. The Kier molecular flexibility index (Phi) is 2.18. The van der Waals surface area contributed by atoms with Crippen molar-refractivity contribution in [3.63, 3.8) is 0 Å². The molecule has 1 aliphatic rings. The highest BCUT2D eigenvalue weighted by Crippen LogP contribution is 2.16. The SMILES string of the molecule is c1cnc2cc(C[C@@H]3CCCN3)[nH]c2c1. The summed E-state index contributed by atoms with van der Waals surface area (Å²) >= 11 is 0. The molecule has 0 amide bonds. The van der Waals surface area contributed by atoms with Crippen LogP contribution in [-0.4, -0.2) is 22.6 Å². The minimum Gasteiger partial charge on any atom is -0.357 e. The van der Waals surface area contributed by atoms with Crippen LogP contribution in [0, 0.1) is 0 Å². The molecule has 1 aliphatic heterocycles. The van der Waals surface area contributed by atoms with Gasteiger partial charge in [-0.15, -0.1) is 0 Å². The van der Waals surface area contributed by atoms with Gasteiger partial charge in [0.05, 0.1) is 11.0 Å². The van der Waals surface area contributed by atoms with Crippen LogP contribution in [0.5, 0.6) is 0 Å². The van der Waals surface area contributed by atoms with Crippen LogP contribution in [0.2, 0.25) is 0 Å². The highest BCUT2D eigenvalue weighted by atomic mass is 14.9. The third-order valence-electron chi connectivity index (χ3n) is 3.07. The largest absolute Gasteiger partial charge is 0.357 e. The number of aromatic amines is 1. The highest BCUT2D eigenvalue weighted by Gasteiger charge is 2.15. The highest BCUT2D eigenvalue weighted by molar-refractivity contribution is 5.75. The van der Waals surface area contributed by atoms with Crippen LogP contribution < -0.4 is 5.32 Å². The van der Waals surface area contributed by atoms with Gasteiger partial charge >= 0.3 is 0 Å². The molecule has 0 aliphatic carbocycles. The average molecular weight is 201 g/mol. The molecule has 0 radical (unpaired) electrons. The molecular formula is C12H15N3. The smallest absolute Gasteiger partial charge is 0.0881 e. The molecule has 3 nitrogen and oxygen atoms in total. The van der Waals surface area contributed by atoms with E-state index >= 15 is 0 Å². The third kappa shape index (κ3) is 1.75. The number of H-pyrrole nitrogens is 1. The predicted octanol–water partition coefficient (Wildman–Crippen LogP) is 1.86. The summed E-state index contributed by atoms with van der Waals surface area (Å²) < 4.78 is 0. The summed E-state index contributed by atoms with van der Waals surface area (Å²) in [6, 6.07) is 6.86. The molecule has 0 unspecified atom stereocenters. The summed E-state index contributed by atoms with van der Waals surface area (Å²) in [5.41, 5.74) is 3.51. The minimum absolute atomic E-state index is 0.651. The fourth-order valence-corrected chi connectivity index (χ4v) is 2.32. The van der Waals surface area contributed by atoms with Gasteiger partial charge in [-0.05, 0) is 37.6 Å². The molecular weight excluding hydrogens is 186 g/mol. The number of hydrogen-bond donors (Lipinski definition) is 2. The molecule has 0 bridgehead atoms. The standard InChI is InChI=1S/C12H15N3/c1-3-9(13-5-1)7-10-8-12-11(15-10)4-2-6-14-12/h2,4,6,8-9,13,15H,1,3,5,7H2/t9-/m0/s1. The Morgan fingerprint density at radius 3 is 3.27 bits per heavy atom. The Bertz CT molecular complexity index is 422. The zero-order chi connectivity index (χ0) is 10.1. The predicted molar refractivity (Wildman–Crippen MR) is 60.8 cm³/mol. The lowest BCUT2D eigenvalue weighted by molar-refractivity contribution is 0.597. The lowest BCUT2D eigenvalue weighted by atomic mass is 10.1. The van der Waals surface area contributed by atoms with E-state index in [2.05, 4.69) is 27.4 Å². The normalized spacial score (nSPS) is 21.2. The maximum absolute atomic E-state index is 4.32. The zero-order valence-electron chi connectivity index (χ0n) is 8.66. The third-order valence-corrected chi connectivity index (χ3v) is 3.07. The number of rotatable bonds is 2. The van der Waals surface area contributed by atoms with Gasteiger partial charge in [-0.1, -0.05) is 0 Å². The van der Waals surface area contributed by atoms with Crippen molar-refractivity contribution in [3.05, 3.63) is 30.1 Å². The quantitative estimate of drug-likeness (QED) is 0.778. The van der Waals surface area contributed by atoms with Gasteiger partial charge in [0.15, 0.2) is 0 Å². The van der Waals surface area contributed by atoms with E-state index in [1.54, 1.807) is 0 Å². The second-order valence-corrected chi connectivity index (χ2v) is 4.23. The summed E-state index contributed by atoms with van der Waals surface area (Å²) in [7, 11) is 0. The number of aromatic nitrogens is 2. The van der Waals surface area contributed by atoms with Gasteiger partial charge in [0.2, 0.25) is 0 Å². The first-order chi connectivity index (χ1) is 7.42. The number of nitrogens with one attached hydrogen (secondary N) is 2. The van der Waals surface area contributed by atoms with Crippen molar-refractivity contribution in [2.24, 2.45) is 0 Å². The Morgan fingerprint density at radius 2 is 2.47 bits per heavy atom. The average Bonchev–Trinajstić information content (AvgIpc) is 2.86. The lowest BCUT2D eigenvalue weighted by Gasteiger charge is -2.07. The van der Waals surface area contributed by atoms with E-state index in [0.29, 0.717) is 6.04 Å². The summed E-state index contributed by atoms with van der Waals surface area (Å²) in [5.74, 6) is 0. The van der Waals surface area contributed by atoms with Crippen molar-refractivity contribution in [2.75, 3.05) is 6.54 Å². The van der Waals surface area contributed by atoms with E-state index in [1.165, 1.54) is 25.1 Å². The van der Waals surface area contributed by atoms with E-state index in [1.807, 2.05) is 12.3 Å². The molecule has 3 heterocycles.